The molecule has 2 heterocycles. The number of hydrogen-bond acceptors (Lipinski definition) is 5. The number of nitrogens with two attached hydrogens (primary N) is 1. The summed E-state index contributed by atoms with van der Waals surface area (Å²) in [6.45, 7) is 0.164. The topological polar surface area (TPSA) is 65.2 Å². The summed E-state index contributed by atoms with van der Waals surface area (Å²) in [4.78, 5) is 16.1. The molecule has 0 saturated heterocycles. The quantitative estimate of drug-likeness (QED) is 0.826. The third-order valence-electron chi connectivity index (χ3n) is 1.96. The lowest BCUT2D eigenvalue weighted by Crippen LogP contribution is -2.06. The van der Waals surface area contributed by atoms with E-state index in [4.69, 9.17) is 10.5 Å². The van der Waals surface area contributed by atoms with Crippen molar-refractivity contribution in [3.8, 4) is 0 Å². The number of ether oxygens (including phenoxy) is 1. The predicted molar refractivity (Wildman–Crippen MR) is 62.1 cm³/mol. The van der Waals surface area contributed by atoms with Crippen LogP contribution >= 0.6 is 11.3 Å². The fraction of sp³-hybridized carbons (Fsp3) is 0.0909. The number of aromatic nitrogens is 1. The van der Waals surface area contributed by atoms with Gasteiger partial charge in [0.05, 0.1) is 11.4 Å². The van der Waals surface area contributed by atoms with Gasteiger partial charge in [-0.3, -0.25) is 4.98 Å². The zero-order chi connectivity index (χ0) is 11.4. The summed E-state index contributed by atoms with van der Waals surface area (Å²) in [6.07, 6.45) is 1.66. The van der Waals surface area contributed by atoms with Crippen LogP contribution in [-0.2, 0) is 11.3 Å². The molecule has 0 aliphatic rings. The van der Waals surface area contributed by atoms with Crippen molar-refractivity contribution in [2.75, 3.05) is 5.73 Å². The van der Waals surface area contributed by atoms with E-state index in [0.717, 1.165) is 0 Å². The van der Waals surface area contributed by atoms with Gasteiger partial charge in [-0.15, -0.1) is 11.3 Å². The molecule has 2 N–H and O–H groups in total. The monoisotopic (exact) mass is 234 g/mol. The summed E-state index contributed by atoms with van der Waals surface area (Å²) >= 11 is 1.27. The number of carbonyl (C=O) groups excluding carboxylic acids is 1. The number of hydrogen-bond donors (Lipinski definition) is 1. The van der Waals surface area contributed by atoms with E-state index in [0.29, 0.717) is 16.3 Å². The smallest absolute Gasteiger partial charge is 0.350 e. The van der Waals surface area contributed by atoms with E-state index in [9.17, 15) is 4.79 Å². The Kier molecular flexibility index (Phi) is 3.16. The first-order valence-corrected chi connectivity index (χ1v) is 5.55. The van der Waals surface area contributed by atoms with Gasteiger partial charge in [0.2, 0.25) is 0 Å². The van der Waals surface area contributed by atoms with Crippen LogP contribution in [0.1, 0.15) is 15.4 Å². The Hall–Kier alpha value is -1.88. The Balaban J connectivity index is 1.97. The second kappa shape index (κ2) is 4.76. The van der Waals surface area contributed by atoms with Crippen LogP contribution in [0, 0.1) is 0 Å². The number of anilines is 1. The number of carbonyl (C=O) groups is 1. The highest BCUT2D eigenvalue weighted by molar-refractivity contribution is 7.12. The summed E-state index contributed by atoms with van der Waals surface area (Å²) in [5.74, 6) is -0.404. The van der Waals surface area contributed by atoms with Gasteiger partial charge < -0.3 is 10.5 Å². The summed E-state index contributed by atoms with van der Waals surface area (Å²) in [6, 6.07) is 7.13. The lowest BCUT2D eigenvalue weighted by Gasteiger charge is -2.02. The highest BCUT2D eigenvalue weighted by atomic mass is 32.1. The minimum absolute atomic E-state index is 0.164. The second-order valence-corrected chi connectivity index (χ2v) is 4.02. The Morgan fingerprint density at radius 1 is 1.44 bits per heavy atom. The maximum absolute atomic E-state index is 11.6. The summed E-state index contributed by atoms with van der Waals surface area (Å²) in [7, 11) is 0. The van der Waals surface area contributed by atoms with Gasteiger partial charge in [-0.1, -0.05) is 6.07 Å². The standard InChI is InChI=1S/C11H10N2O2S/c12-9-4-6-16-10(9)11(14)15-7-8-3-1-2-5-13-8/h1-6H,7,12H2. The third-order valence-corrected chi connectivity index (χ3v) is 2.87. The molecular formula is C11H10N2O2S. The highest BCUT2D eigenvalue weighted by Gasteiger charge is 2.12. The maximum Gasteiger partial charge on any atom is 0.350 e. The van der Waals surface area contributed by atoms with Crippen molar-refractivity contribution in [3.63, 3.8) is 0 Å². The first kappa shape index (κ1) is 10.6. The molecule has 0 aromatic carbocycles. The molecule has 0 amide bonds. The lowest BCUT2D eigenvalue weighted by molar-refractivity contribution is 0.0475. The normalized spacial score (nSPS) is 10.0. The zero-order valence-electron chi connectivity index (χ0n) is 8.42. The molecule has 0 fully saturated rings. The van der Waals surface area contributed by atoms with Crippen molar-refractivity contribution in [1.82, 2.24) is 4.98 Å². The van der Waals surface area contributed by atoms with Crippen molar-refractivity contribution >= 4 is 23.0 Å². The molecule has 0 aliphatic carbocycles. The molecule has 0 atom stereocenters. The molecule has 0 bridgehead atoms. The number of rotatable bonds is 3. The maximum atomic E-state index is 11.6. The molecule has 2 aromatic heterocycles. The van der Waals surface area contributed by atoms with E-state index in [1.807, 2.05) is 12.1 Å². The molecule has 0 unspecified atom stereocenters. The molecule has 2 rings (SSSR count). The van der Waals surface area contributed by atoms with Crippen molar-refractivity contribution < 1.29 is 9.53 Å². The first-order chi connectivity index (χ1) is 7.77. The first-order valence-electron chi connectivity index (χ1n) is 4.67. The van der Waals surface area contributed by atoms with Gasteiger partial charge in [0, 0.05) is 6.20 Å². The van der Waals surface area contributed by atoms with Crippen LogP contribution in [0.3, 0.4) is 0 Å². The Bertz CT molecular complexity index is 482. The van der Waals surface area contributed by atoms with Gasteiger partial charge in [0.25, 0.3) is 0 Å². The van der Waals surface area contributed by atoms with Gasteiger partial charge in [-0.25, -0.2) is 4.79 Å². The molecular weight excluding hydrogens is 224 g/mol. The van der Waals surface area contributed by atoms with E-state index >= 15 is 0 Å². The van der Waals surface area contributed by atoms with Gasteiger partial charge >= 0.3 is 5.97 Å². The third kappa shape index (κ3) is 2.38. The lowest BCUT2D eigenvalue weighted by atomic mass is 10.4. The summed E-state index contributed by atoms with van der Waals surface area (Å²) in [5, 5.41) is 1.76. The molecule has 16 heavy (non-hydrogen) atoms. The van der Waals surface area contributed by atoms with Crippen LogP contribution < -0.4 is 5.73 Å². The predicted octanol–water partition coefficient (Wildman–Crippen LogP) is 2.08. The van der Waals surface area contributed by atoms with Gasteiger partial charge in [0.15, 0.2) is 0 Å². The molecule has 0 aliphatic heterocycles. The minimum Gasteiger partial charge on any atom is -0.455 e. The molecule has 82 valence electrons. The molecule has 0 spiro atoms. The van der Waals surface area contributed by atoms with Crippen molar-refractivity contribution in [3.05, 3.63) is 46.4 Å². The van der Waals surface area contributed by atoms with Crippen molar-refractivity contribution in [1.29, 1.82) is 0 Å². The van der Waals surface area contributed by atoms with Gasteiger partial charge in [0.1, 0.15) is 11.5 Å². The van der Waals surface area contributed by atoms with Crippen LogP contribution in [0.4, 0.5) is 5.69 Å². The Morgan fingerprint density at radius 2 is 2.31 bits per heavy atom. The van der Waals surface area contributed by atoms with Crippen molar-refractivity contribution in [2.45, 2.75) is 6.61 Å². The average molecular weight is 234 g/mol. The molecule has 0 radical (unpaired) electrons. The van der Waals surface area contributed by atoms with Gasteiger partial charge in [-0.05, 0) is 23.6 Å². The number of nitrogens with zero attached hydrogens (tertiary/aromatic N) is 1. The van der Waals surface area contributed by atoms with Crippen LogP contribution in [0.25, 0.3) is 0 Å². The molecule has 0 saturated carbocycles. The molecule has 4 nitrogen and oxygen atoms in total. The molecule has 5 heteroatoms. The van der Waals surface area contributed by atoms with E-state index in [-0.39, 0.29) is 6.61 Å². The number of pyridine rings is 1. The highest BCUT2D eigenvalue weighted by Crippen LogP contribution is 2.20. The Morgan fingerprint density at radius 3 is 2.94 bits per heavy atom. The summed E-state index contributed by atoms with van der Waals surface area (Å²) < 4.78 is 5.08. The van der Waals surface area contributed by atoms with E-state index in [2.05, 4.69) is 4.98 Å². The second-order valence-electron chi connectivity index (χ2n) is 3.10. The van der Waals surface area contributed by atoms with E-state index in [1.54, 1.807) is 23.7 Å². The minimum atomic E-state index is -0.404. The molecule has 2 aromatic rings. The van der Waals surface area contributed by atoms with Crippen molar-refractivity contribution in [2.24, 2.45) is 0 Å². The fourth-order valence-electron chi connectivity index (χ4n) is 1.17. The zero-order valence-corrected chi connectivity index (χ0v) is 9.24. The van der Waals surface area contributed by atoms with E-state index in [1.165, 1.54) is 11.3 Å². The number of esters is 1. The summed E-state index contributed by atoms with van der Waals surface area (Å²) in [5.41, 5.74) is 6.77. The number of thiophene rings is 1. The number of nitrogen functional groups attached to an aromatic ring is 1. The average Bonchev–Trinajstić information content (AvgIpc) is 2.74. The Labute approximate surface area is 96.7 Å². The van der Waals surface area contributed by atoms with Crippen LogP contribution in [0.2, 0.25) is 0 Å². The SMILES string of the molecule is Nc1ccsc1C(=O)OCc1ccccn1. The van der Waals surface area contributed by atoms with Crippen LogP contribution in [-0.4, -0.2) is 11.0 Å². The largest absolute Gasteiger partial charge is 0.455 e. The van der Waals surface area contributed by atoms with E-state index < -0.39 is 5.97 Å². The van der Waals surface area contributed by atoms with Gasteiger partial charge in [-0.2, -0.15) is 0 Å². The van der Waals surface area contributed by atoms with Crippen LogP contribution in [0.5, 0.6) is 0 Å². The van der Waals surface area contributed by atoms with Crippen LogP contribution in [0.15, 0.2) is 35.8 Å². The fourth-order valence-corrected chi connectivity index (χ4v) is 1.88.